The van der Waals surface area contributed by atoms with E-state index in [4.69, 9.17) is 4.74 Å². The largest absolute Gasteiger partial charge is 0.488 e. The molecule has 1 aromatic rings. The lowest BCUT2D eigenvalue weighted by molar-refractivity contribution is 0.171. The van der Waals surface area contributed by atoms with E-state index in [0.717, 1.165) is 25.1 Å². The highest BCUT2D eigenvalue weighted by Gasteiger charge is 2.29. The number of rotatable bonds is 9. The molecule has 0 spiro atoms. The van der Waals surface area contributed by atoms with Gasteiger partial charge >= 0.3 is 0 Å². The van der Waals surface area contributed by atoms with Crippen LogP contribution in [0.3, 0.4) is 0 Å². The summed E-state index contributed by atoms with van der Waals surface area (Å²) >= 11 is 0. The number of hydrogen-bond acceptors (Lipinski definition) is 2. The van der Waals surface area contributed by atoms with Crippen LogP contribution in [0.4, 0.5) is 0 Å². The van der Waals surface area contributed by atoms with E-state index in [0.29, 0.717) is 12.1 Å². The summed E-state index contributed by atoms with van der Waals surface area (Å²) in [4.78, 5) is 0. The van der Waals surface area contributed by atoms with Gasteiger partial charge in [-0.3, -0.25) is 0 Å². The third-order valence-corrected chi connectivity index (χ3v) is 4.01. The number of nitrogens with one attached hydrogen (secondary N) is 1. The van der Waals surface area contributed by atoms with Crippen LogP contribution in [-0.4, -0.2) is 18.7 Å². The number of benzene rings is 1. The van der Waals surface area contributed by atoms with Crippen molar-refractivity contribution < 1.29 is 4.74 Å². The number of ether oxygens (including phenoxy) is 1. The van der Waals surface area contributed by atoms with Crippen LogP contribution in [0.2, 0.25) is 0 Å². The van der Waals surface area contributed by atoms with Gasteiger partial charge in [-0.25, -0.2) is 0 Å². The maximum absolute atomic E-state index is 6.12. The second-order valence-electron chi connectivity index (χ2n) is 5.56. The van der Waals surface area contributed by atoms with E-state index in [1.54, 1.807) is 0 Å². The van der Waals surface area contributed by atoms with Gasteiger partial charge in [0, 0.05) is 12.5 Å². The van der Waals surface area contributed by atoms with Crippen molar-refractivity contribution in [3.63, 3.8) is 0 Å². The van der Waals surface area contributed by atoms with E-state index >= 15 is 0 Å². The summed E-state index contributed by atoms with van der Waals surface area (Å²) in [6.45, 7) is 6.96. The number of para-hydroxylation sites is 1. The Morgan fingerprint density at radius 2 is 2.20 bits per heavy atom. The summed E-state index contributed by atoms with van der Waals surface area (Å²) in [7, 11) is 0. The number of hydrogen-bond donors (Lipinski definition) is 1. The van der Waals surface area contributed by atoms with Crippen molar-refractivity contribution in [2.45, 2.75) is 57.6 Å². The van der Waals surface area contributed by atoms with Gasteiger partial charge in [-0.1, -0.05) is 44.0 Å². The van der Waals surface area contributed by atoms with Crippen LogP contribution in [0.25, 0.3) is 0 Å². The lowest BCUT2D eigenvalue weighted by Gasteiger charge is -2.24. The average molecular weight is 273 g/mol. The molecule has 1 aromatic carbocycles. The van der Waals surface area contributed by atoms with E-state index in [1.165, 1.54) is 31.2 Å². The zero-order valence-electron chi connectivity index (χ0n) is 12.6. The molecule has 2 rings (SSSR count). The molecule has 2 heteroatoms. The van der Waals surface area contributed by atoms with Gasteiger partial charge in [0.05, 0.1) is 0 Å². The van der Waals surface area contributed by atoms with Crippen LogP contribution in [0, 0.1) is 0 Å². The van der Waals surface area contributed by atoms with Crippen molar-refractivity contribution in [3.8, 4) is 5.75 Å². The number of fused-ring (bicyclic) bond motifs is 1. The van der Waals surface area contributed by atoms with Gasteiger partial charge < -0.3 is 10.1 Å². The van der Waals surface area contributed by atoms with Crippen molar-refractivity contribution in [3.05, 3.63) is 42.5 Å². The van der Waals surface area contributed by atoms with Crippen LogP contribution < -0.4 is 10.1 Å². The molecule has 2 unspecified atom stereocenters. The molecule has 0 bridgehead atoms. The van der Waals surface area contributed by atoms with Crippen LogP contribution in [0.5, 0.6) is 5.75 Å². The smallest absolute Gasteiger partial charge is 0.123 e. The standard InChI is InChI=1S/C18H27NO/c1-3-5-6-7-8-12-16(19-4-2)18-14-15-11-9-10-13-17(15)20-18/h3,9-11,13,16,18-19H,1,4-8,12,14H2,2H3. The van der Waals surface area contributed by atoms with Crippen molar-refractivity contribution in [2.24, 2.45) is 0 Å². The van der Waals surface area contributed by atoms with Crippen LogP contribution in [0.15, 0.2) is 36.9 Å². The summed E-state index contributed by atoms with van der Waals surface area (Å²) in [5.41, 5.74) is 1.35. The van der Waals surface area contributed by atoms with Crippen LogP contribution in [-0.2, 0) is 6.42 Å². The van der Waals surface area contributed by atoms with Gasteiger partial charge in [0.2, 0.25) is 0 Å². The predicted molar refractivity (Wildman–Crippen MR) is 85.3 cm³/mol. The Labute approximate surface area is 123 Å². The molecular weight excluding hydrogens is 246 g/mol. The van der Waals surface area contributed by atoms with Crippen LogP contribution in [0.1, 0.15) is 44.6 Å². The predicted octanol–water partition coefficient (Wildman–Crippen LogP) is 4.10. The normalized spacial score (nSPS) is 18.4. The maximum atomic E-state index is 6.12. The van der Waals surface area contributed by atoms with Crippen LogP contribution >= 0.6 is 0 Å². The van der Waals surface area contributed by atoms with Gasteiger partial charge in [-0.05, 0) is 37.4 Å². The van der Waals surface area contributed by atoms with E-state index in [9.17, 15) is 0 Å². The molecule has 0 radical (unpaired) electrons. The third kappa shape index (κ3) is 4.11. The Morgan fingerprint density at radius 1 is 1.35 bits per heavy atom. The average Bonchev–Trinajstić information content (AvgIpc) is 2.89. The van der Waals surface area contributed by atoms with Gasteiger partial charge in [-0.2, -0.15) is 0 Å². The lowest BCUT2D eigenvalue weighted by atomic mass is 9.99. The third-order valence-electron chi connectivity index (χ3n) is 4.01. The SMILES string of the molecule is C=CCCCCCC(NCC)C1Cc2ccccc2O1. The fourth-order valence-electron chi connectivity index (χ4n) is 2.94. The van der Waals surface area contributed by atoms with E-state index in [2.05, 4.69) is 43.1 Å². The zero-order chi connectivity index (χ0) is 14.2. The van der Waals surface area contributed by atoms with E-state index in [1.807, 2.05) is 6.08 Å². The summed E-state index contributed by atoms with van der Waals surface area (Å²) in [5, 5.41) is 3.61. The molecule has 0 amide bonds. The Morgan fingerprint density at radius 3 is 2.95 bits per heavy atom. The summed E-state index contributed by atoms with van der Waals surface area (Å²) in [6.07, 6.45) is 9.50. The molecule has 20 heavy (non-hydrogen) atoms. The first kappa shape index (κ1) is 15.1. The first-order valence-corrected chi connectivity index (χ1v) is 7.94. The molecule has 0 aromatic heterocycles. The van der Waals surface area contributed by atoms with Gasteiger partial charge in [0.1, 0.15) is 11.9 Å². The van der Waals surface area contributed by atoms with Gasteiger partial charge in [0.25, 0.3) is 0 Å². The molecular formula is C18H27NO. The second-order valence-corrected chi connectivity index (χ2v) is 5.56. The molecule has 0 aliphatic carbocycles. The fraction of sp³-hybridized carbons (Fsp3) is 0.556. The molecule has 1 N–H and O–H groups in total. The number of allylic oxidation sites excluding steroid dienone is 1. The second kappa shape index (κ2) is 8.11. The van der Waals surface area contributed by atoms with E-state index in [-0.39, 0.29) is 0 Å². The summed E-state index contributed by atoms with van der Waals surface area (Å²) in [6, 6.07) is 8.89. The fourth-order valence-corrected chi connectivity index (χ4v) is 2.94. The molecule has 2 atom stereocenters. The first-order valence-electron chi connectivity index (χ1n) is 7.94. The Bertz CT molecular complexity index is 391. The van der Waals surface area contributed by atoms with Crippen molar-refractivity contribution in [2.75, 3.05) is 6.54 Å². The van der Waals surface area contributed by atoms with Crippen molar-refractivity contribution in [1.82, 2.24) is 5.32 Å². The minimum absolute atomic E-state index is 0.298. The summed E-state index contributed by atoms with van der Waals surface area (Å²) in [5.74, 6) is 1.08. The minimum atomic E-state index is 0.298. The lowest BCUT2D eigenvalue weighted by Crippen LogP contribution is -2.42. The number of unbranched alkanes of at least 4 members (excludes halogenated alkanes) is 3. The minimum Gasteiger partial charge on any atom is -0.488 e. The van der Waals surface area contributed by atoms with Gasteiger partial charge in [0.15, 0.2) is 0 Å². The van der Waals surface area contributed by atoms with Gasteiger partial charge in [-0.15, -0.1) is 6.58 Å². The topological polar surface area (TPSA) is 21.3 Å². The monoisotopic (exact) mass is 273 g/mol. The van der Waals surface area contributed by atoms with E-state index < -0.39 is 0 Å². The Kier molecular flexibility index (Phi) is 6.13. The van der Waals surface area contributed by atoms with Crippen molar-refractivity contribution >= 4 is 0 Å². The highest BCUT2D eigenvalue weighted by atomic mass is 16.5. The molecule has 110 valence electrons. The molecule has 0 fully saturated rings. The quantitative estimate of drug-likeness (QED) is 0.540. The maximum Gasteiger partial charge on any atom is 0.123 e. The molecule has 1 heterocycles. The Hall–Kier alpha value is -1.28. The highest BCUT2D eigenvalue weighted by Crippen LogP contribution is 2.30. The molecule has 2 nitrogen and oxygen atoms in total. The number of likely N-dealkylation sites (N-methyl/N-ethyl adjacent to an activating group) is 1. The first-order chi connectivity index (χ1) is 9.85. The molecule has 0 saturated heterocycles. The zero-order valence-corrected chi connectivity index (χ0v) is 12.6. The molecule has 0 saturated carbocycles. The molecule has 1 aliphatic heterocycles. The molecule has 1 aliphatic rings. The highest BCUT2D eigenvalue weighted by molar-refractivity contribution is 5.37. The summed E-state index contributed by atoms with van der Waals surface area (Å²) < 4.78 is 6.12. The Balaban J connectivity index is 1.82. The van der Waals surface area contributed by atoms with Crippen molar-refractivity contribution in [1.29, 1.82) is 0 Å².